The zero-order chi connectivity index (χ0) is 14.0. The van der Waals surface area contributed by atoms with Crippen LogP contribution in [0.1, 0.15) is 51.9 Å². The summed E-state index contributed by atoms with van der Waals surface area (Å²) in [5.41, 5.74) is 0.410. The van der Waals surface area contributed by atoms with E-state index in [-0.39, 0.29) is 6.09 Å². The molecule has 3 fully saturated rings. The standard InChI is InChI=1S/C16H28N2O2/c1-2-20-15(19)18-10-6-7-16(13-18)11-14(12-16)17-8-4-3-5-9-17/h14H,2-13H2,1H3. The molecule has 0 radical (unpaired) electrons. The molecule has 1 spiro atoms. The van der Waals surface area contributed by atoms with Crippen molar-refractivity contribution in [2.45, 2.75) is 57.9 Å². The molecule has 2 aliphatic heterocycles. The highest BCUT2D eigenvalue weighted by Gasteiger charge is 2.49. The fourth-order valence-corrected chi connectivity index (χ4v) is 4.39. The second kappa shape index (κ2) is 5.92. The van der Waals surface area contributed by atoms with Gasteiger partial charge in [-0.3, -0.25) is 0 Å². The first-order chi connectivity index (χ1) is 9.72. The topological polar surface area (TPSA) is 32.8 Å². The Hall–Kier alpha value is -0.770. The lowest BCUT2D eigenvalue weighted by Crippen LogP contribution is -2.58. The summed E-state index contributed by atoms with van der Waals surface area (Å²) in [5, 5.41) is 0. The Labute approximate surface area is 122 Å². The molecule has 0 aromatic heterocycles. The van der Waals surface area contributed by atoms with Crippen LogP contribution in [0, 0.1) is 5.41 Å². The van der Waals surface area contributed by atoms with Gasteiger partial charge in [0.2, 0.25) is 0 Å². The number of hydrogen-bond acceptors (Lipinski definition) is 3. The summed E-state index contributed by atoms with van der Waals surface area (Å²) in [6.07, 6.45) is 9.08. The van der Waals surface area contributed by atoms with Crippen LogP contribution in [0.3, 0.4) is 0 Å². The molecule has 4 heteroatoms. The Bertz CT molecular complexity index is 346. The third kappa shape index (κ3) is 2.80. The normalized spacial score (nSPS) is 34.9. The van der Waals surface area contributed by atoms with Gasteiger partial charge in [0.05, 0.1) is 6.61 Å². The van der Waals surface area contributed by atoms with Crippen LogP contribution in [0.5, 0.6) is 0 Å². The molecule has 1 saturated carbocycles. The molecule has 4 nitrogen and oxygen atoms in total. The zero-order valence-electron chi connectivity index (χ0n) is 12.8. The van der Waals surface area contributed by atoms with Crippen LogP contribution in [0.2, 0.25) is 0 Å². The number of carbonyl (C=O) groups is 1. The Balaban J connectivity index is 1.52. The van der Waals surface area contributed by atoms with Gasteiger partial charge in [-0.25, -0.2) is 4.79 Å². The highest BCUT2D eigenvalue weighted by molar-refractivity contribution is 5.67. The number of likely N-dealkylation sites (tertiary alicyclic amines) is 2. The summed E-state index contributed by atoms with van der Waals surface area (Å²) in [5.74, 6) is 0. The van der Waals surface area contributed by atoms with Crippen molar-refractivity contribution in [3.63, 3.8) is 0 Å². The number of piperidine rings is 2. The lowest BCUT2D eigenvalue weighted by Gasteiger charge is -2.56. The molecule has 0 aromatic carbocycles. The second-order valence-corrected chi connectivity index (χ2v) is 6.88. The van der Waals surface area contributed by atoms with E-state index in [0.717, 1.165) is 25.6 Å². The fraction of sp³-hybridized carbons (Fsp3) is 0.938. The molecular weight excluding hydrogens is 252 g/mol. The first-order valence-electron chi connectivity index (χ1n) is 8.38. The van der Waals surface area contributed by atoms with Crippen LogP contribution in [0.4, 0.5) is 4.79 Å². The summed E-state index contributed by atoms with van der Waals surface area (Å²) in [4.78, 5) is 16.5. The van der Waals surface area contributed by atoms with Gasteiger partial charge in [-0.1, -0.05) is 6.42 Å². The summed E-state index contributed by atoms with van der Waals surface area (Å²) in [6, 6.07) is 0.789. The fourth-order valence-electron chi connectivity index (χ4n) is 4.39. The van der Waals surface area contributed by atoms with E-state index in [1.807, 2.05) is 11.8 Å². The van der Waals surface area contributed by atoms with Gasteiger partial charge in [-0.05, 0) is 64.0 Å². The summed E-state index contributed by atoms with van der Waals surface area (Å²) < 4.78 is 5.16. The van der Waals surface area contributed by atoms with E-state index in [9.17, 15) is 4.79 Å². The van der Waals surface area contributed by atoms with Crippen molar-refractivity contribution in [2.75, 3.05) is 32.8 Å². The Morgan fingerprint density at radius 3 is 2.60 bits per heavy atom. The molecule has 0 aromatic rings. The SMILES string of the molecule is CCOC(=O)N1CCCC2(CC(N3CCCCC3)C2)C1. The minimum Gasteiger partial charge on any atom is -0.450 e. The van der Waals surface area contributed by atoms with Gasteiger partial charge in [0, 0.05) is 19.1 Å². The van der Waals surface area contributed by atoms with E-state index < -0.39 is 0 Å². The van der Waals surface area contributed by atoms with Crippen LogP contribution in [0.25, 0.3) is 0 Å². The predicted octanol–water partition coefficient (Wildman–Crippen LogP) is 2.87. The number of nitrogens with zero attached hydrogens (tertiary/aromatic N) is 2. The van der Waals surface area contributed by atoms with E-state index in [1.165, 1.54) is 51.6 Å². The van der Waals surface area contributed by atoms with Crippen molar-refractivity contribution < 1.29 is 9.53 Å². The molecule has 0 atom stereocenters. The first kappa shape index (κ1) is 14.2. The number of rotatable bonds is 2. The predicted molar refractivity (Wildman–Crippen MR) is 78.7 cm³/mol. The third-order valence-electron chi connectivity index (χ3n) is 5.43. The lowest BCUT2D eigenvalue weighted by atomic mass is 9.61. The Morgan fingerprint density at radius 2 is 1.90 bits per heavy atom. The first-order valence-corrected chi connectivity index (χ1v) is 8.38. The van der Waals surface area contributed by atoms with E-state index in [2.05, 4.69) is 4.90 Å². The van der Waals surface area contributed by atoms with Crippen molar-refractivity contribution in [3.05, 3.63) is 0 Å². The number of carbonyl (C=O) groups excluding carboxylic acids is 1. The molecule has 0 unspecified atom stereocenters. The second-order valence-electron chi connectivity index (χ2n) is 6.88. The number of ether oxygens (including phenoxy) is 1. The smallest absolute Gasteiger partial charge is 0.409 e. The summed E-state index contributed by atoms with van der Waals surface area (Å²) in [6.45, 7) is 6.77. The van der Waals surface area contributed by atoms with Gasteiger partial charge in [0.1, 0.15) is 0 Å². The molecule has 3 aliphatic rings. The van der Waals surface area contributed by atoms with E-state index in [0.29, 0.717) is 12.0 Å². The molecule has 20 heavy (non-hydrogen) atoms. The van der Waals surface area contributed by atoms with E-state index in [4.69, 9.17) is 4.74 Å². The summed E-state index contributed by atoms with van der Waals surface area (Å²) >= 11 is 0. The van der Waals surface area contributed by atoms with Gasteiger partial charge < -0.3 is 14.5 Å². The largest absolute Gasteiger partial charge is 0.450 e. The number of hydrogen-bond donors (Lipinski definition) is 0. The van der Waals surface area contributed by atoms with Crippen molar-refractivity contribution in [3.8, 4) is 0 Å². The van der Waals surface area contributed by atoms with Crippen LogP contribution in [-0.4, -0.2) is 54.7 Å². The molecular formula is C16H28N2O2. The van der Waals surface area contributed by atoms with Crippen LogP contribution < -0.4 is 0 Å². The molecule has 0 N–H and O–H groups in total. The molecule has 1 amide bonds. The van der Waals surface area contributed by atoms with E-state index in [1.54, 1.807) is 0 Å². The molecule has 2 saturated heterocycles. The average molecular weight is 280 g/mol. The van der Waals surface area contributed by atoms with Gasteiger partial charge in [0.25, 0.3) is 0 Å². The monoisotopic (exact) mass is 280 g/mol. The van der Waals surface area contributed by atoms with Gasteiger partial charge in [-0.2, -0.15) is 0 Å². The van der Waals surface area contributed by atoms with Crippen LogP contribution in [0.15, 0.2) is 0 Å². The molecule has 1 aliphatic carbocycles. The molecule has 114 valence electrons. The lowest BCUT2D eigenvalue weighted by molar-refractivity contribution is -0.0520. The van der Waals surface area contributed by atoms with E-state index >= 15 is 0 Å². The summed E-state index contributed by atoms with van der Waals surface area (Å²) in [7, 11) is 0. The third-order valence-corrected chi connectivity index (χ3v) is 5.43. The van der Waals surface area contributed by atoms with Crippen molar-refractivity contribution in [1.29, 1.82) is 0 Å². The minimum absolute atomic E-state index is 0.104. The Kier molecular flexibility index (Phi) is 4.20. The van der Waals surface area contributed by atoms with Crippen molar-refractivity contribution in [2.24, 2.45) is 5.41 Å². The number of amides is 1. The highest BCUT2D eigenvalue weighted by atomic mass is 16.6. The quantitative estimate of drug-likeness (QED) is 0.779. The van der Waals surface area contributed by atoms with Gasteiger partial charge in [0.15, 0.2) is 0 Å². The Morgan fingerprint density at radius 1 is 1.15 bits per heavy atom. The zero-order valence-corrected chi connectivity index (χ0v) is 12.8. The maximum Gasteiger partial charge on any atom is 0.409 e. The molecule has 3 rings (SSSR count). The van der Waals surface area contributed by atoms with Crippen LogP contribution in [-0.2, 0) is 4.74 Å². The molecule has 0 bridgehead atoms. The maximum absolute atomic E-state index is 11.9. The van der Waals surface area contributed by atoms with Crippen molar-refractivity contribution in [1.82, 2.24) is 9.80 Å². The van der Waals surface area contributed by atoms with Crippen LogP contribution >= 0.6 is 0 Å². The van der Waals surface area contributed by atoms with Gasteiger partial charge in [-0.15, -0.1) is 0 Å². The minimum atomic E-state index is -0.104. The molecule has 2 heterocycles. The van der Waals surface area contributed by atoms with Crippen molar-refractivity contribution >= 4 is 6.09 Å². The maximum atomic E-state index is 11.9. The van der Waals surface area contributed by atoms with Gasteiger partial charge >= 0.3 is 6.09 Å². The average Bonchev–Trinajstić information content (AvgIpc) is 2.46. The highest BCUT2D eigenvalue weighted by Crippen LogP contribution is 2.50.